The van der Waals surface area contributed by atoms with E-state index in [4.69, 9.17) is 18.9 Å². The van der Waals surface area contributed by atoms with Crippen LogP contribution in [0.1, 0.15) is 11.1 Å². The van der Waals surface area contributed by atoms with Gasteiger partial charge in [0.2, 0.25) is 0 Å². The summed E-state index contributed by atoms with van der Waals surface area (Å²) in [5.74, 6) is 0.795. The van der Waals surface area contributed by atoms with Gasteiger partial charge in [-0.2, -0.15) is 0 Å². The Labute approximate surface area is 151 Å². The number of methoxy groups -OCH3 is 1. The van der Waals surface area contributed by atoms with Crippen molar-refractivity contribution in [1.29, 1.82) is 0 Å². The average molecular weight is 359 g/mol. The number of hydrogen-bond acceptors (Lipinski definition) is 6. The standard InChI is InChI=1S/C19H21NO6/c1-23-16-8-6-14(7-9-16)10-25-18(19-13-26-19)12-24-11-15-4-2-3-5-17(15)20(21)22/h2-9,18-19H,10-13H2,1H3/t18-,19+/m0/s1. The van der Waals surface area contributed by atoms with E-state index in [1.807, 2.05) is 24.3 Å². The van der Waals surface area contributed by atoms with Gasteiger partial charge in [-0.3, -0.25) is 10.1 Å². The fourth-order valence-electron chi connectivity index (χ4n) is 2.55. The zero-order valence-electron chi connectivity index (χ0n) is 14.5. The number of para-hydroxylation sites is 1. The molecule has 0 bridgehead atoms. The molecule has 2 atom stereocenters. The molecule has 1 aliphatic heterocycles. The van der Waals surface area contributed by atoms with E-state index in [0.717, 1.165) is 11.3 Å². The Hall–Kier alpha value is -2.48. The second-order valence-corrected chi connectivity index (χ2v) is 5.97. The van der Waals surface area contributed by atoms with Crippen molar-refractivity contribution in [3.63, 3.8) is 0 Å². The van der Waals surface area contributed by atoms with Gasteiger partial charge in [0.25, 0.3) is 5.69 Å². The van der Waals surface area contributed by atoms with Crippen molar-refractivity contribution in [2.75, 3.05) is 20.3 Å². The van der Waals surface area contributed by atoms with Crippen LogP contribution in [0.2, 0.25) is 0 Å². The molecule has 0 aliphatic carbocycles. The molecule has 1 heterocycles. The molecule has 0 amide bonds. The van der Waals surface area contributed by atoms with Gasteiger partial charge in [-0.1, -0.05) is 24.3 Å². The van der Waals surface area contributed by atoms with Crippen LogP contribution < -0.4 is 4.74 Å². The first-order valence-electron chi connectivity index (χ1n) is 8.33. The van der Waals surface area contributed by atoms with Gasteiger partial charge >= 0.3 is 0 Å². The van der Waals surface area contributed by atoms with Gasteiger partial charge in [0, 0.05) is 6.07 Å². The number of nitro benzene ring substituents is 1. The summed E-state index contributed by atoms with van der Waals surface area (Å²) in [5.41, 5.74) is 1.63. The molecule has 0 spiro atoms. The SMILES string of the molecule is COc1ccc(CO[C@@H](COCc2ccccc2[N+](=O)[O-])[C@H]2CO2)cc1. The molecule has 3 rings (SSSR count). The van der Waals surface area contributed by atoms with Crippen LogP contribution in [0.3, 0.4) is 0 Å². The van der Waals surface area contributed by atoms with Gasteiger partial charge in [0.05, 0.1) is 44.0 Å². The molecular weight excluding hydrogens is 338 g/mol. The molecule has 7 heteroatoms. The minimum atomic E-state index is -0.402. The van der Waals surface area contributed by atoms with Crippen LogP contribution in [0.4, 0.5) is 5.69 Å². The van der Waals surface area contributed by atoms with Gasteiger partial charge in [-0.15, -0.1) is 0 Å². The van der Waals surface area contributed by atoms with Crippen molar-refractivity contribution >= 4 is 5.69 Å². The summed E-state index contributed by atoms with van der Waals surface area (Å²) in [4.78, 5) is 10.6. The lowest BCUT2D eigenvalue weighted by molar-refractivity contribution is -0.386. The molecule has 138 valence electrons. The highest BCUT2D eigenvalue weighted by molar-refractivity contribution is 5.39. The molecule has 0 radical (unpaired) electrons. The molecule has 7 nitrogen and oxygen atoms in total. The number of nitrogens with zero attached hydrogens (tertiary/aromatic N) is 1. The topological polar surface area (TPSA) is 83.4 Å². The van der Waals surface area contributed by atoms with Gasteiger partial charge in [-0.25, -0.2) is 0 Å². The molecule has 2 aromatic carbocycles. The number of hydrogen-bond donors (Lipinski definition) is 0. The van der Waals surface area contributed by atoms with Crippen molar-refractivity contribution in [2.45, 2.75) is 25.4 Å². The highest BCUT2D eigenvalue weighted by Crippen LogP contribution is 2.22. The number of rotatable bonds is 10. The first-order chi connectivity index (χ1) is 12.7. The first kappa shape index (κ1) is 18.3. The average Bonchev–Trinajstić information content (AvgIpc) is 3.50. The van der Waals surface area contributed by atoms with Crippen LogP contribution in [0.15, 0.2) is 48.5 Å². The lowest BCUT2D eigenvalue weighted by Gasteiger charge is -2.16. The van der Waals surface area contributed by atoms with Gasteiger partial charge < -0.3 is 18.9 Å². The summed E-state index contributed by atoms with van der Waals surface area (Å²) in [5, 5.41) is 11.0. The first-order valence-corrected chi connectivity index (χ1v) is 8.33. The maximum Gasteiger partial charge on any atom is 0.274 e. The highest BCUT2D eigenvalue weighted by atomic mass is 16.6. The third-order valence-corrected chi connectivity index (χ3v) is 4.12. The van der Waals surface area contributed by atoms with E-state index >= 15 is 0 Å². The Balaban J connectivity index is 1.50. The quantitative estimate of drug-likeness (QED) is 0.368. The summed E-state index contributed by atoms with van der Waals surface area (Å²) < 4.78 is 22.0. The van der Waals surface area contributed by atoms with E-state index < -0.39 is 4.92 Å². The van der Waals surface area contributed by atoms with E-state index in [2.05, 4.69) is 0 Å². The molecule has 0 aromatic heterocycles. The third kappa shape index (κ3) is 5.01. The molecule has 2 aromatic rings. The number of ether oxygens (including phenoxy) is 4. The van der Waals surface area contributed by atoms with Gasteiger partial charge in [0.1, 0.15) is 18.0 Å². The summed E-state index contributed by atoms with van der Waals surface area (Å²) in [6.45, 7) is 1.55. The molecule has 0 unspecified atom stereocenters. The summed E-state index contributed by atoms with van der Waals surface area (Å²) in [6.07, 6.45) is -0.195. The smallest absolute Gasteiger partial charge is 0.274 e. The van der Waals surface area contributed by atoms with Crippen molar-refractivity contribution < 1.29 is 23.9 Å². The minimum Gasteiger partial charge on any atom is -0.497 e. The molecule has 26 heavy (non-hydrogen) atoms. The van der Waals surface area contributed by atoms with Gasteiger partial charge in [0.15, 0.2) is 0 Å². The van der Waals surface area contributed by atoms with E-state index in [1.165, 1.54) is 6.07 Å². The Morgan fingerprint density at radius 1 is 1.19 bits per heavy atom. The monoisotopic (exact) mass is 359 g/mol. The van der Waals surface area contributed by atoms with Crippen molar-refractivity contribution in [2.24, 2.45) is 0 Å². The molecule has 0 saturated carbocycles. The summed E-state index contributed by atoms with van der Waals surface area (Å²) in [7, 11) is 1.63. The van der Waals surface area contributed by atoms with Crippen LogP contribution in [-0.2, 0) is 27.4 Å². The normalized spacial score (nSPS) is 16.9. The lowest BCUT2D eigenvalue weighted by Crippen LogP contribution is -2.26. The fraction of sp³-hybridized carbons (Fsp3) is 0.368. The van der Waals surface area contributed by atoms with Crippen LogP contribution in [0.5, 0.6) is 5.75 Å². The number of epoxide rings is 1. The largest absolute Gasteiger partial charge is 0.497 e. The van der Waals surface area contributed by atoms with Crippen molar-refractivity contribution in [3.05, 3.63) is 69.8 Å². The lowest BCUT2D eigenvalue weighted by atomic mass is 10.2. The Morgan fingerprint density at radius 2 is 1.92 bits per heavy atom. The molecule has 1 fully saturated rings. The van der Waals surface area contributed by atoms with Gasteiger partial charge in [-0.05, 0) is 23.8 Å². The molecule has 1 aliphatic rings. The van der Waals surface area contributed by atoms with E-state index in [-0.39, 0.29) is 24.5 Å². The number of benzene rings is 2. The fourth-order valence-corrected chi connectivity index (χ4v) is 2.55. The van der Waals surface area contributed by atoms with Crippen LogP contribution in [0, 0.1) is 10.1 Å². The Kier molecular flexibility index (Phi) is 6.17. The second-order valence-electron chi connectivity index (χ2n) is 5.97. The zero-order chi connectivity index (χ0) is 18.4. The Bertz CT molecular complexity index is 729. The molecule has 0 N–H and O–H groups in total. The van der Waals surface area contributed by atoms with Crippen LogP contribution in [-0.4, -0.2) is 37.5 Å². The third-order valence-electron chi connectivity index (χ3n) is 4.12. The maximum absolute atomic E-state index is 11.0. The van der Waals surface area contributed by atoms with Crippen LogP contribution in [0.25, 0.3) is 0 Å². The highest BCUT2D eigenvalue weighted by Gasteiger charge is 2.34. The predicted molar refractivity (Wildman–Crippen MR) is 94.1 cm³/mol. The predicted octanol–water partition coefficient (Wildman–Crippen LogP) is 3.10. The van der Waals surface area contributed by atoms with E-state index in [1.54, 1.807) is 25.3 Å². The molecular formula is C19H21NO6. The zero-order valence-corrected chi connectivity index (χ0v) is 14.5. The molecule has 1 saturated heterocycles. The Morgan fingerprint density at radius 3 is 2.58 bits per heavy atom. The number of nitro groups is 1. The van der Waals surface area contributed by atoms with E-state index in [9.17, 15) is 10.1 Å². The second kappa shape index (κ2) is 8.75. The summed E-state index contributed by atoms with van der Waals surface area (Å²) >= 11 is 0. The van der Waals surface area contributed by atoms with Crippen molar-refractivity contribution in [3.8, 4) is 5.75 Å². The summed E-state index contributed by atoms with van der Waals surface area (Å²) in [6, 6.07) is 14.2. The van der Waals surface area contributed by atoms with Crippen LogP contribution >= 0.6 is 0 Å². The maximum atomic E-state index is 11.0. The minimum absolute atomic E-state index is 0.0130. The van der Waals surface area contributed by atoms with Crippen molar-refractivity contribution in [1.82, 2.24) is 0 Å². The van der Waals surface area contributed by atoms with E-state index in [0.29, 0.717) is 25.4 Å².